The lowest BCUT2D eigenvalue weighted by Gasteiger charge is -2.28. The predicted molar refractivity (Wildman–Crippen MR) is 67.0 cm³/mol. The summed E-state index contributed by atoms with van der Waals surface area (Å²) in [6, 6.07) is 6.39. The van der Waals surface area contributed by atoms with Gasteiger partial charge in [-0.05, 0) is 12.1 Å². The van der Waals surface area contributed by atoms with Gasteiger partial charge in [-0.15, -0.1) is 0 Å². The van der Waals surface area contributed by atoms with E-state index in [0.29, 0.717) is 5.76 Å². The number of aromatic nitrogens is 1. The van der Waals surface area contributed by atoms with Crippen LogP contribution in [0.3, 0.4) is 0 Å². The quantitative estimate of drug-likeness (QED) is 0.880. The second-order valence-electron chi connectivity index (χ2n) is 4.29. The molecule has 1 aliphatic rings. The summed E-state index contributed by atoms with van der Waals surface area (Å²) in [7, 11) is 0. The molecule has 5 heteroatoms. The second kappa shape index (κ2) is 4.78. The molecular weight excluding hydrogens is 233 g/mol. The molecule has 0 bridgehead atoms. The van der Waals surface area contributed by atoms with Crippen LogP contribution < -0.4 is 10.2 Å². The summed E-state index contributed by atoms with van der Waals surface area (Å²) >= 11 is 0. The Balaban J connectivity index is 1.95. The third kappa shape index (κ3) is 2.09. The van der Waals surface area contributed by atoms with Crippen molar-refractivity contribution >= 4 is 5.69 Å². The highest BCUT2D eigenvalue weighted by Gasteiger charge is 2.19. The van der Waals surface area contributed by atoms with Crippen molar-refractivity contribution in [2.45, 2.75) is 0 Å². The Morgan fingerprint density at radius 1 is 1.28 bits per heavy atom. The number of benzene rings is 1. The first kappa shape index (κ1) is 11.2. The van der Waals surface area contributed by atoms with Crippen LogP contribution in [0, 0.1) is 5.82 Å². The van der Waals surface area contributed by atoms with Crippen molar-refractivity contribution in [3.8, 4) is 11.3 Å². The van der Waals surface area contributed by atoms with Gasteiger partial charge in [-0.3, -0.25) is 0 Å². The molecule has 4 nitrogen and oxygen atoms in total. The van der Waals surface area contributed by atoms with Crippen LogP contribution in [-0.4, -0.2) is 31.3 Å². The molecule has 0 radical (unpaired) electrons. The summed E-state index contributed by atoms with van der Waals surface area (Å²) in [4.78, 5) is 2.20. The number of piperazine rings is 1. The monoisotopic (exact) mass is 247 g/mol. The van der Waals surface area contributed by atoms with Gasteiger partial charge >= 0.3 is 0 Å². The standard InChI is InChI=1S/C13H14FN3O/c14-11-3-1-2-10(8-11)13-12(9-16-18-13)17-6-4-15-5-7-17/h1-3,8-9,15H,4-7H2. The average molecular weight is 247 g/mol. The van der Waals surface area contributed by atoms with E-state index in [2.05, 4.69) is 15.4 Å². The van der Waals surface area contributed by atoms with E-state index in [1.54, 1.807) is 12.3 Å². The molecule has 0 aliphatic carbocycles. The van der Waals surface area contributed by atoms with Crippen LogP contribution in [0.1, 0.15) is 0 Å². The van der Waals surface area contributed by atoms with E-state index in [9.17, 15) is 4.39 Å². The van der Waals surface area contributed by atoms with E-state index in [0.717, 1.165) is 37.4 Å². The second-order valence-corrected chi connectivity index (χ2v) is 4.29. The zero-order valence-electron chi connectivity index (χ0n) is 9.90. The molecule has 94 valence electrons. The number of nitrogens with one attached hydrogen (secondary N) is 1. The number of halogens is 1. The van der Waals surface area contributed by atoms with Crippen LogP contribution in [0.25, 0.3) is 11.3 Å². The third-order valence-corrected chi connectivity index (χ3v) is 3.10. The number of anilines is 1. The highest BCUT2D eigenvalue weighted by Crippen LogP contribution is 2.31. The summed E-state index contributed by atoms with van der Waals surface area (Å²) in [6.45, 7) is 3.69. The van der Waals surface area contributed by atoms with Crippen molar-refractivity contribution in [3.05, 3.63) is 36.3 Å². The molecule has 1 fully saturated rings. The normalized spacial score (nSPS) is 15.9. The molecule has 1 N–H and O–H groups in total. The fraction of sp³-hybridized carbons (Fsp3) is 0.308. The van der Waals surface area contributed by atoms with E-state index < -0.39 is 0 Å². The van der Waals surface area contributed by atoms with Crippen molar-refractivity contribution in [1.82, 2.24) is 10.5 Å². The Morgan fingerprint density at radius 2 is 2.11 bits per heavy atom. The van der Waals surface area contributed by atoms with Crippen molar-refractivity contribution in [1.29, 1.82) is 0 Å². The van der Waals surface area contributed by atoms with Gasteiger partial charge in [-0.25, -0.2) is 4.39 Å². The lowest BCUT2D eigenvalue weighted by Crippen LogP contribution is -2.43. The van der Waals surface area contributed by atoms with E-state index in [4.69, 9.17) is 4.52 Å². The minimum Gasteiger partial charge on any atom is -0.365 e. The van der Waals surface area contributed by atoms with Crippen molar-refractivity contribution in [2.75, 3.05) is 31.1 Å². The van der Waals surface area contributed by atoms with Crippen molar-refractivity contribution in [2.24, 2.45) is 0 Å². The maximum Gasteiger partial charge on any atom is 0.190 e. The SMILES string of the molecule is Fc1cccc(-c2oncc2N2CCNCC2)c1. The van der Waals surface area contributed by atoms with E-state index >= 15 is 0 Å². The highest BCUT2D eigenvalue weighted by molar-refractivity contribution is 5.72. The summed E-state index contributed by atoms with van der Waals surface area (Å²) in [5, 5.41) is 7.14. The fourth-order valence-corrected chi connectivity index (χ4v) is 2.20. The minimum absolute atomic E-state index is 0.268. The Bertz CT molecular complexity index is 535. The molecule has 18 heavy (non-hydrogen) atoms. The summed E-state index contributed by atoms with van der Waals surface area (Å²) < 4.78 is 18.5. The predicted octanol–water partition coefficient (Wildman–Crippen LogP) is 1.89. The Morgan fingerprint density at radius 3 is 2.89 bits per heavy atom. The van der Waals surface area contributed by atoms with Gasteiger partial charge in [0.05, 0.1) is 6.20 Å². The van der Waals surface area contributed by atoms with Gasteiger partial charge in [0.2, 0.25) is 0 Å². The number of rotatable bonds is 2. The summed E-state index contributed by atoms with van der Waals surface area (Å²) in [6.07, 6.45) is 1.70. The van der Waals surface area contributed by atoms with Crippen molar-refractivity contribution < 1.29 is 8.91 Å². The first-order chi connectivity index (χ1) is 8.84. The molecular formula is C13H14FN3O. The molecule has 1 aromatic heterocycles. The maximum absolute atomic E-state index is 13.2. The largest absolute Gasteiger partial charge is 0.365 e. The smallest absolute Gasteiger partial charge is 0.190 e. The third-order valence-electron chi connectivity index (χ3n) is 3.10. The molecule has 0 saturated carbocycles. The molecule has 0 atom stereocenters. The van der Waals surface area contributed by atoms with Crippen LogP contribution in [0.15, 0.2) is 35.0 Å². The lowest BCUT2D eigenvalue weighted by atomic mass is 10.1. The fourth-order valence-electron chi connectivity index (χ4n) is 2.20. The Hall–Kier alpha value is -1.88. The molecule has 2 heterocycles. The topological polar surface area (TPSA) is 41.3 Å². The van der Waals surface area contributed by atoms with Crippen LogP contribution in [0.4, 0.5) is 10.1 Å². The van der Waals surface area contributed by atoms with Gasteiger partial charge in [-0.1, -0.05) is 17.3 Å². The first-order valence-corrected chi connectivity index (χ1v) is 6.01. The Labute approximate surface area is 104 Å². The molecule has 1 saturated heterocycles. The van der Waals surface area contributed by atoms with Gasteiger partial charge in [-0.2, -0.15) is 0 Å². The molecule has 1 aromatic carbocycles. The van der Waals surface area contributed by atoms with E-state index in [-0.39, 0.29) is 5.82 Å². The first-order valence-electron chi connectivity index (χ1n) is 6.01. The van der Waals surface area contributed by atoms with Crippen LogP contribution in [0.5, 0.6) is 0 Å². The van der Waals surface area contributed by atoms with Gasteiger partial charge in [0, 0.05) is 31.7 Å². The van der Waals surface area contributed by atoms with Crippen LogP contribution in [0.2, 0.25) is 0 Å². The molecule has 0 spiro atoms. The van der Waals surface area contributed by atoms with E-state index in [1.165, 1.54) is 12.1 Å². The van der Waals surface area contributed by atoms with Crippen molar-refractivity contribution in [3.63, 3.8) is 0 Å². The summed E-state index contributed by atoms with van der Waals surface area (Å²) in [5.74, 6) is 0.367. The molecule has 0 amide bonds. The van der Waals surface area contributed by atoms with Gasteiger partial charge in [0.15, 0.2) is 5.76 Å². The molecule has 0 unspecified atom stereocenters. The molecule has 3 rings (SSSR count). The van der Waals surface area contributed by atoms with Gasteiger partial charge in [0.1, 0.15) is 11.5 Å². The summed E-state index contributed by atoms with van der Waals surface area (Å²) in [5.41, 5.74) is 1.66. The lowest BCUT2D eigenvalue weighted by molar-refractivity contribution is 0.431. The maximum atomic E-state index is 13.2. The number of hydrogen-bond donors (Lipinski definition) is 1. The number of nitrogens with zero attached hydrogens (tertiary/aromatic N) is 2. The zero-order chi connectivity index (χ0) is 12.4. The van der Waals surface area contributed by atoms with Gasteiger partial charge in [0.25, 0.3) is 0 Å². The number of hydrogen-bond acceptors (Lipinski definition) is 4. The molecule has 2 aromatic rings. The van der Waals surface area contributed by atoms with Crippen LogP contribution >= 0.6 is 0 Å². The Kier molecular flexibility index (Phi) is 2.98. The average Bonchev–Trinajstić information content (AvgIpc) is 2.89. The van der Waals surface area contributed by atoms with Crippen LogP contribution in [-0.2, 0) is 0 Å². The zero-order valence-corrected chi connectivity index (χ0v) is 9.90. The van der Waals surface area contributed by atoms with E-state index in [1.807, 2.05) is 6.07 Å². The molecule has 1 aliphatic heterocycles. The van der Waals surface area contributed by atoms with Gasteiger partial charge < -0.3 is 14.7 Å². The minimum atomic E-state index is -0.268. The highest BCUT2D eigenvalue weighted by atomic mass is 19.1.